The molecule has 1 rings (SSSR count). The third kappa shape index (κ3) is 3.11. The summed E-state index contributed by atoms with van der Waals surface area (Å²) < 4.78 is 6.07. The summed E-state index contributed by atoms with van der Waals surface area (Å²) in [6.07, 6.45) is 5.24. The van der Waals surface area contributed by atoms with Gasteiger partial charge in [-0.05, 0) is 26.7 Å². The van der Waals surface area contributed by atoms with Gasteiger partial charge in [0.25, 0.3) is 0 Å². The second kappa shape index (κ2) is 4.45. The normalized spacial score (nSPS) is 25.5. The molecule has 64 valence electrons. The second-order valence-corrected chi connectivity index (χ2v) is 4.83. The molecule has 0 aromatic carbocycles. The maximum atomic E-state index is 5.39. The molecule has 1 saturated heterocycles. The number of alkyl halides is 1. The van der Waals surface area contributed by atoms with Crippen LogP contribution in [0.4, 0.5) is 0 Å². The van der Waals surface area contributed by atoms with E-state index in [1.54, 1.807) is 0 Å². The highest BCUT2D eigenvalue weighted by atomic mass is 127. The Morgan fingerprint density at radius 2 is 2.36 bits per heavy atom. The zero-order valence-corrected chi connectivity index (χ0v) is 9.30. The summed E-state index contributed by atoms with van der Waals surface area (Å²) in [4.78, 5) is 0. The lowest BCUT2D eigenvalue weighted by atomic mass is 10.1. The van der Waals surface area contributed by atoms with Crippen molar-refractivity contribution < 1.29 is 4.74 Å². The molecule has 1 heterocycles. The lowest BCUT2D eigenvalue weighted by molar-refractivity contribution is -0.0473. The van der Waals surface area contributed by atoms with Crippen LogP contribution in [0.1, 0.15) is 26.7 Å². The molecule has 1 aliphatic rings. The monoisotopic (exact) mass is 266 g/mol. The number of ether oxygens (including phenoxy) is 1. The molecule has 0 aliphatic carbocycles. The highest BCUT2D eigenvalue weighted by Gasteiger charge is 2.24. The van der Waals surface area contributed by atoms with Crippen LogP contribution in [-0.4, -0.2) is 16.6 Å². The Kier molecular flexibility index (Phi) is 3.85. The molecule has 0 radical (unpaired) electrons. The predicted molar refractivity (Wildman–Crippen MR) is 56.2 cm³/mol. The maximum absolute atomic E-state index is 5.39. The highest BCUT2D eigenvalue weighted by molar-refractivity contribution is 14.1. The van der Waals surface area contributed by atoms with Crippen LogP contribution in [0.15, 0.2) is 11.6 Å². The van der Waals surface area contributed by atoms with Crippen LogP contribution in [-0.2, 0) is 4.74 Å². The number of hydrogen-bond donors (Lipinski definition) is 0. The molecule has 0 bridgehead atoms. The fourth-order valence-corrected chi connectivity index (χ4v) is 1.86. The molecule has 0 aromatic rings. The van der Waals surface area contributed by atoms with Gasteiger partial charge >= 0.3 is 0 Å². The molecule has 1 nitrogen and oxygen atoms in total. The molecule has 2 atom stereocenters. The topological polar surface area (TPSA) is 9.23 Å². The van der Waals surface area contributed by atoms with Crippen molar-refractivity contribution in [2.75, 3.05) is 6.61 Å². The van der Waals surface area contributed by atoms with E-state index in [2.05, 4.69) is 42.5 Å². The minimum atomic E-state index is 0.534. The van der Waals surface area contributed by atoms with Crippen LogP contribution < -0.4 is 0 Å². The van der Waals surface area contributed by atoms with Crippen molar-refractivity contribution in [3.8, 4) is 0 Å². The van der Waals surface area contributed by atoms with Crippen LogP contribution in [0.3, 0.4) is 0 Å². The van der Waals surface area contributed by atoms with E-state index in [1.165, 1.54) is 12.0 Å². The standard InChI is InChI=1S/C9H15IO/c1-7(2)3-4-8(10)9-5-6-11-9/h3,8-9H,4-6H2,1-2H3. The summed E-state index contributed by atoms with van der Waals surface area (Å²) in [6, 6.07) is 0. The average Bonchev–Trinajstić information content (AvgIpc) is 1.79. The summed E-state index contributed by atoms with van der Waals surface area (Å²) >= 11 is 2.48. The van der Waals surface area contributed by atoms with Crippen molar-refractivity contribution in [3.63, 3.8) is 0 Å². The minimum Gasteiger partial charge on any atom is -0.377 e. The molecule has 1 aliphatic heterocycles. The number of rotatable bonds is 3. The highest BCUT2D eigenvalue weighted by Crippen LogP contribution is 2.24. The van der Waals surface area contributed by atoms with E-state index in [0.717, 1.165) is 13.0 Å². The Bertz CT molecular complexity index is 146. The van der Waals surface area contributed by atoms with Crippen LogP contribution in [0.25, 0.3) is 0 Å². The number of halogens is 1. The fourth-order valence-electron chi connectivity index (χ4n) is 1.04. The van der Waals surface area contributed by atoms with Gasteiger partial charge < -0.3 is 4.74 Å². The van der Waals surface area contributed by atoms with Gasteiger partial charge in [-0.25, -0.2) is 0 Å². The van der Waals surface area contributed by atoms with Gasteiger partial charge in [0, 0.05) is 10.5 Å². The van der Waals surface area contributed by atoms with Crippen LogP contribution >= 0.6 is 22.6 Å². The molecule has 0 aromatic heterocycles. The summed E-state index contributed by atoms with van der Waals surface area (Å²) in [5.74, 6) is 0. The van der Waals surface area contributed by atoms with Crippen molar-refractivity contribution in [1.82, 2.24) is 0 Å². The Morgan fingerprint density at radius 3 is 2.73 bits per heavy atom. The summed E-state index contributed by atoms with van der Waals surface area (Å²) in [7, 11) is 0. The van der Waals surface area contributed by atoms with Gasteiger partial charge in [0.15, 0.2) is 0 Å². The Hall–Kier alpha value is 0.430. The lowest BCUT2D eigenvalue weighted by Crippen LogP contribution is -2.34. The van der Waals surface area contributed by atoms with E-state index in [-0.39, 0.29) is 0 Å². The Morgan fingerprint density at radius 1 is 1.73 bits per heavy atom. The van der Waals surface area contributed by atoms with Crippen LogP contribution in [0.2, 0.25) is 0 Å². The van der Waals surface area contributed by atoms with Gasteiger partial charge in [0.1, 0.15) is 0 Å². The first-order valence-electron chi connectivity index (χ1n) is 4.09. The molecule has 0 N–H and O–H groups in total. The first-order chi connectivity index (χ1) is 5.20. The Labute approximate surface area is 82.3 Å². The third-order valence-corrected chi connectivity index (χ3v) is 3.20. The molecule has 2 unspecified atom stereocenters. The molecular weight excluding hydrogens is 251 g/mol. The fraction of sp³-hybridized carbons (Fsp3) is 0.778. The maximum Gasteiger partial charge on any atom is 0.0717 e. The largest absolute Gasteiger partial charge is 0.377 e. The quantitative estimate of drug-likeness (QED) is 0.433. The zero-order valence-electron chi connectivity index (χ0n) is 7.14. The van der Waals surface area contributed by atoms with Crippen molar-refractivity contribution in [2.24, 2.45) is 0 Å². The van der Waals surface area contributed by atoms with E-state index in [0.29, 0.717) is 10.0 Å². The van der Waals surface area contributed by atoms with Gasteiger partial charge in [-0.15, -0.1) is 0 Å². The molecular formula is C9H15IO. The van der Waals surface area contributed by atoms with Gasteiger partial charge in [-0.2, -0.15) is 0 Å². The second-order valence-electron chi connectivity index (χ2n) is 3.23. The van der Waals surface area contributed by atoms with Crippen molar-refractivity contribution >= 4 is 22.6 Å². The SMILES string of the molecule is CC(C)=CCC(I)C1CCO1. The van der Waals surface area contributed by atoms with E-state index >= 15 is 0 Å². The van der Waals surface area contributed by atoms with E-state index in [4.69, 9.17) is 4.74 Å². The van der Waals surface area contributed by atoms with Crippen LogP contribution in [0, 0.1) is 0 Å². The number of hydrogen-bond acceptors (Lipinski definition) is 1. The molecule has 0 spiro atoms. The smallest absolute Gasteiger partial charge is 0.0717 e. The van der Waals surface area contributed by atoms with Gasteiger partial charge in [-0.1, -0.05) is 34.2 Å². The zero-order chi connectivity index (χ0) is 8.27. The Balaban J connectivity index is 2.19. The average molecular weight is 266 g/mol. The molecule has 11 heavy (non-hydrogen) atoms. The molecule has 0 saturated carbocycles. The van der Waals surface area contributed by atoms with Gasteiger partial charge in [0.05, 0.1) is 6.10 Å². The van der Waals surface area contributed by atoms with Gasteiger partial charge in [-0.3, -0.25) is 0 Å². The molecule has 0 amide bonds. The van der Waals surface area contributed by atoms with Crippen molar-refractivity contribution in [2.45, 2.75) is 36.7 Å². The molecule has 2 heteroatoms. The van der Waals surface area contributed by atoms with Crippen LogP contribution in [0.5, 0.6) is 0 Å². The van der Waals surface area contributed by atoms with E-state index in [9.17, 15) is 0 Å². The third-order valence-electron chi connectivity index (χ3n) is 1.89. The first kappa shape index (κ1) is 9.52. The predicted octanol–water partition coefficient (Wildman–Crippen LogP) is 2.94. The van der Waals surface area contributed by atoms with Crippen molar-refractivity contribution in [1.29, 1.82) is 0 Å². The molecule has 1 fully saturated rings. The van der Waals surface area contributed by atoms with E-state index < -0.39 is 0 Å². The summed E-state index contributed by atoms with van der Waals surface area (Å²) in [5.41, 5.74) is 1.41. The van der Waals surface area contributed by atoms with E-state index in [1.807, 2.05) is 0 Å². The van der Waals surface area contributed by atoms with Gasteiger partial charge in [0.2, 0.25) is 0 Å². The lowest BCUT2D eigenvalue weighted by Gasteiger charge is -2.30. The summed E-state index contributed by atoms with van der Waals surface area (Å²) in [5, 5.41) is 0. The first-order valence-corrected chi connectivity index (χ1v) is 5.33. The summed E-state index contributed by atoms with van der Waals surface area (Å²) in [6.45, 7) is 5.26. The minimum absolute atomic E-state index is 0.534. The van der Waals surface area contributed by atoms with Crippen molar-refractivity contribution in [3.05, 3.63) is 11.6 Å². The number of allylic oxidation sites excluding steroid dienone is 2.